The third-order valence-corrected chi connectivity index (χ3v) is 5.64. The first-order chi connectivity index (χ1) is 13.9. The van der Waals surface area contributed by atoms with Gasteiger partial charge in [0.05, 0.1) is 11.3 Å². The lowest BCUT2D eigenvalue weighted by Gasteiger charge is -2.31. The van der Waals surface area contributed by atoms with E-state index >= 15 is 0 Å². The van der Waals surface area contributed by atoms with E-state index in [4.69, 9.17) is 17.3 Å². The van der Waals surface area contributed by atoms with Gasteiger partial charge >= 0.3 is 0 Å². The maximum atomic E-state index is 12.4. The number of nitrogens with two attached hydrogens (primary N) is 1. The van der Waals surface area contributed by atoms with Crippen molar-refractivity contribution >= 4 is 46.8 Å². The summed E-state index contributed by atoms with van der Waals surface area (Å²) in [7, 11) is 0. The number of halogens is 1. The number of hydrogen-bond acceptors (Lipinski definition) is 5. The molecule has 2 unspecified atom stereocenters. The first-order valence-electron chi connectivity index (χ1n) is 9.01. The summed E-state index contributed by atoms with van der Waals surface area (Å²) < 4.78 is 0. The smallest absolute Gasteiger partial charge is 0.250 e. The maximum absolute atomic E-state index is 12.4. The van der Waals surface area contributed by atoms with Gasteiger partial charge in [0.25, 0.3) is 5.91 Å². The van der Waals surface area contributed by atoms with Crippen molar-refractivity contribution in [3.05, 3.63) is 64.7 Å². The standard InChI is InChI=1S/C20H21ClN4O3S/c21-13-5-3-4-12(8-13)11-29-20-23-14(10-18(27)25-20)9-17(26)24-16-7-2-1-6-15(16)19(22)28/h1-8,14,20,23H,9-11H2,(H2,22,28)(H,24,26)(H,25,27). The summed E-state index contributed by atoms with van der Waals surface area (Å²) in [6.45, 7) is 0. The Hall–Kier alpha value is -2.55. The summed E-state index contributed by atoms with van der Waals surface area (Å²) in [5, 5.41) is 9.50. The quantitative estimate of drug-likeness (QED) is 0.536. The van der Waals surface area contributed by atoms with Gasteiger partial charge in [-0.15, -0.1) is 11.8 Å². The molecule has 0 aliphatic carbocycles. The lowest BCUT2D eigenvalue weighted by Crippen LogP contribution is -2.55. The molecule has 0 spiro atoms. The molecule has 0 aromatic heterocycles. The zero-order chi connectivity index (χ0) is 20.8. The Morgan fingerprint density at radius 1 is 1.21 bits per heavy atom. The fraction of sp³-hybridized carbons (Fsp3) is 0.250. The number of rotatable bonds is 7. The van der Waals surface area contributed by atoms with Crippen LogP contribution in [0.5, 0.6) is 0 Å². The van der Waals surface area contributed by atoms with E-state index in [1.54, 1.807) is 30.3 Å². The monoisotopic (exact) mass is 432 g/mol. The molecule has 1 aliphatic rings. The van der Waals surface area contributed by atoms with Gasteiger partial charge in [-0.05, 0) is 29.8 Å². The highest BCUT2D eigenvalue weighted by molar-refractivity contribution is 7.99. The molecule has 1 fully saturated rings. The van der Waals surface area contributed by atoms with Gasteiger partial charge in [0.1, 0.15) is 5.50 Å². The Kier molecular flexibility index (Phi) is 7.13. The van der Waals surface area contributed by atoms with E-state index in [0.29, 0.717) is 16.5 Å². The highest BCUT2D eigenvalue weighted by atomic mass is 35.5. The van der Waals surface area contributed by atoms with Crippen molar-refractivity contribution in [3.8, 4) is 0 Å². The number of thioether (sulfide) groups is 1. The first-order valence-corrected chi connectivity index (χ1v) is 10.4. The second kappa shape index (κ2) is 9.78. The van der Waals surface area contributed by atoms with Crippen LogP contribution in [0.3, 0.4) is 0 Å². The van der Waals surface area contributed by atoms with Crippen LogP contribution in [0.15, 0.2) is 48.5 Å². The Balaban J connectivity index is 1.55. The molecule has 2 aromatic rings. The lowest BCUT2D eigenvalue weighted by atomic mass is 10.1. The average molecular weight is 433 g/mol. The number of carbonyl (C=O) groups excluding carboxylic acids is 3. The molecule has 3 rings (SSSR count). The van der Waals surface area contributed by atoms with Crippen molar-refractivity contribution in [2.75, 3.05) is 5.32 Å². The summed E-state index contributed by atoms with van der Waals surface area (Å²) in [5.41, 5.74) is 6.66. The predicted molar refractivity (Wildman–Crippen MR) is 114 cm³/mol. The molecule has 0 bridgehead atoms. The Morgan fingerprint density at radius 3 is 2.76 bits per heavy atom. The van der Waals surface area contributed by atoms with E-state index in [0.717, 1.165) is 5.56 Å². The molecule has 1 saturated heterocycles. The van der Waals surface area contributed by atoms with E-state index in [2.05, 4.69) is 16.0 Å². The molecule has 9 heteroatoms. The minimum Gasteiger partial charge on any atom is -0.366 e. The van der Waals surface area contributed by atoms with Crippen LogP contribution in [0.25, 0.3) is 0 Å². The summed E-state index contributed by atoms with van der Waals surface area (Å²) in [5.74, 6) is -0.385. The zero-order valence-electron chi connectivity index (χ0n) is 15.5. The minimum atomic E-state index is -0.617. The summed E-state index contributed by atoms with van der Waals surface area (Å²) in [6.07, 6.45) is 0.286. The van der Waals surface area contributed by atoms with Gasteiger partial charge in [0.2, 0.25) is 11.8 Å². The normalized spacial score (nSPS) is 18.7. The van der Waals surface area contributed by atoms with Gasteiger partial charge in [-0.3, -0.25) is 19.7 Å². The first kappa shape index (κ1) is 21.2. The van der Waals surface area contributed by atoms with Gasteiger partial charge in [0, 0.05) is 29.7 Å². The van der Waals surface area contributed by atoms with Gasteiger partial charge in [-0.25, -0.2) is 0 Å². The fourth-order valence-corrected chi connectivity index (χ4v) is 4.26. The third kappa shape index (κ3) is 6.22. The van der Waals surface area contributed by atoms with Crippen molar-refractivity contribution in [1.29, 1.82) is 0 Å². The average Bonchev–Trinajstić information content (AvgIpc) is 2.66. The second-order valence-electron chi connectivity index (χ2n) is 6.62. The van der Waals surface area contributed by atoms with E-state index in [9.17, 15) is 14.4 Å². The second-order valence-corrected chi connectivity index (χ2v) is 8.15. The summed E-state index contributed by atoms with van der Waals surface area (Å²) in [4.78, 5) is 36.0. The highest BCUT2D eigenvalue weighted by Crippen LogP contribution is 2.21. The van der Waals surface area contributed by atoms with Crippen LogP contribution in [-0.2, 0) is 15.3 Å². The number of nitrogens with one attached hydrogen (secondary N) is 3. The number of para-hydroxylation sites is 1. The van der Waals surface area contributed by atoms with Crippen molar-refractivity contribution < 1.29 is 14.4 Å². The van der Waals surface area contributed by atoms with Gasteiger partial charge in [0.15, 0.2) is 0 Å². The van der Waals surface area contributed by atoms with Crippen LogP contribution >= 0.6 is 23.4 Å². The molecule has 5 N–H and O–H groups in total. The van der Waals surface area contributed by atoms with Gasteiger partial charge in [-0.2, -0.15) is 0 Å². The summed E-state index contributed by atoms with van der Waals surface area (Å²) >= 11 is 7.51. The van der Waals surface area contributed by atoms with E-state index < -0.39 is 5.91 Å². The lowest BCUT2D eigenvalue weighted by molar-refractivity contribution is -0.124. The van der Waals surface area contributed by atoms with Crippen LogP contribution in [0.4, 0.5) is 5.69 Å². The van der Waals surface area contributed by atoms with Crippen molar-refractivity contribution in [2.24, 2.45) is 5.73 Å². The van der Waals surface area contributed by atoms with Gasteiger partial charge < -0.3 is 16.4 Å². The molecule has 1 heterocycles. The fourth-order valence-electron chi connectivity index (χ4n) is 3.00. The molecule has 152 valence electrons. The Labute approximate surface area is 177 Å². The van der Waals surface area contributed by atoms with E-state index in [1.807, 2.05) is 18.2 Å². The molecule has 29 heavy (non-hydrogen) atoms. The molecular formula is C20H21ClN4O3S. The van der Waals surface area contributed by atoms with Crippen molar-refractivity contribution in [2.45, 2.75) is 30.1 Å². The van der Waals surface area contributed by atoms with Crippen LogP contribution in [-0.4, -0.2) is 29.3 Å². The molecule has 3 amide bonds. The number of amides is 3. The van der Waals surface area contributed by atoms with Crippen molar-refractivity contribution in [3.63, 3.8) is 0 Å². The number of primary amides is 1. The zero-order valence-corrected chi connectivity index (χ0v) is 17.1. The predicted octanol–water partition coefficient (Wildman–Crippen LogP) is 2.46. The van der Waals surface area contributed by atoms with E-state index in [-0.39, 0.29) is 41.8 Å². The Bertz CT molecular complexity index is 924. The van der Waals surface area contributed by atoms with E-state index in [1.165, 1.54) is 11.8 Å². The van der Waals surface area contributed by atoms with Crippen LogP contribution in [0, 0.1) is 0 Å². The number of carbonyl (C=O) groups is 3. The highest BCUT2D eigenvalue weighted by Gasteiger charge is 2.27. The van der Waals surface area contributed by atoms with Crippen LogP contribution in [0.1, 0.15) is 28.8 Å². The molecule has 7 nitrogen and oxygen atoms in total. The van der Waals surface area contributed by atoms with Gasteiger partial charge in [-0.1, -0.05) is 35.9 Å². The van der Waals surface area contributed by atoms with Crippen LogP contribution < -0.4 is 21.7 Å². The molecular weight excluding hydrogens is 412 g/mol. The third-order valence-electron chi connectivity index (χ3n) is 4.32. The largest absolute Gasteiger partial charge is 0.366 e. The molecule has 1 aliphatic heterocycles. The number of anilines is 1. The number of hydrogen-bond donors (Lipinski definition) is 4. The molecule has 2 aromatic carbocycles. The Morgan fingerprint density at radius 2 is 2.00 bits per heavy atom. The summed E-state index contributed by atoms with van der Waals surface area (Å²) in [6, 6.07) is 13.7. The van der Waals surface area contributed by atoms with Crippen molar-refractivity contribution in [1.82, 2.24) is 10.6 Å². The SMILES string of the molecule is NC(=O)c1ccccc1NC(=O)CC1CC(=O)NC(SCc2cccc(Cl)c2)N1. The molecule has 0 saturated carbocycles. The minimum absolute atomic E-state index is 0.0920. The molecule has 2 atom stereocenters. The number of benzene rings is 2. The maximum Gasteiger partial charge on any atom is 0.250 e. The van der Waals surface area contributed by atoms with Crippen LogP contribution in [0.2, 0.25) is 5.02 Å². The topological polar surface area (TPSA) is 113 Å². The molecule has 0 radical (unpaired) electrons.